The molecule has 2 aliphatic rings. The van der Waals surface area contributed by atoms with Gasteiger partial charge >= 0.3 is 0 Å². The SMILES string of the molecule is Cn1cnc(C2CC3CC(O)(Cn4ccc(O)n4)CC3C2)c1C(=O)Nc1ccc(F)c(Cl)c1. The summed E-state index contributed by atoms with van der Waals surface area (Å²) in [6, 6.07) is 5.56. The van der Waals surface area contributed by atoms with Crippen molar-refractivity contribution in [2.75, 3.05) is 5.32 Å². The van der Waals surface area contributed by atoms with Crippen LogP contribution in [0.4, 0.5) is 10.1 Å². The number of aromatic nitrogens is 4. The topological polar surface area (TPSA) is 105 Å². The van der Waals surface area contributed by atoms with Crippen molar-refractivity contribution in [1.29, 1.82) is 0 Å². The number of carbonyl (C=O) groups is 1. The Kier molecular flexibility index (Phi) is 5.41. The van der Waals surface area contributed by atoms with Gasteiger partial charge in [0.25, 0.3) is 5.91 Å². The van der Waals surface area contributed by atoms with E-state index in [9.17, 15) is 19.4 Å². The van der Waals surface area contributed by atoms with Crippen LogP contribution in [-0.2, 0) is 13.6 Å². The van der Waals surface area contributed by atoms with Crippen molar-refractivity contribution >= 4 is 23.2 Å². The lowest BCUT2D eigenvalue weighted by Crippen LogP contribution is -2.32. The fourth-order valence-corrected chi connectivity index (χ4v) is 5.83. The minimum Gasteiger partial charge on any atom is -0.492 e. The highest BCUT2D eigenvalue weighted by Gasteiger charge is 2.50. The summed E-state index contributed by atoms with van der Waals surface area (Å²) in [5.74, 6) is -0.133. The molecule has 0 radical (unpaired) electrons. The van der Waals surface area contributed by atoms with E-state index in [1.54, 1.807) is 28.8 Å². The number of anilines is 1. The van der Waals surface area contributed by atoms with Gasteiger partial charge in [-0.25, -0.2) is 9.37 Å². The van der Waals surface area contributed by atoms with Crippen LogP contribution in [0.1, 0.15) is 47.8 Å². The molecule has 2 saturated carbocycles. The zero-order valence-corrected chi connectivity index (χ0v) is 18.8. The van der Waals surface area contributed by atoms with Crippen LogP contribution in [0.25, 0.3) is 0 Å². The first-order valence-electron chi connectivity index (χ1n) is 10.9. The van der Waals surface area contributed by atoms with E-state index in [1.165, 1.54) is 24.3 Å². The van der Waals surface area contributed by atoms with Crippen LogP contribution in [0.3, 0.4) is 0 Å². The monoisotopic (exact) mass is 473 g/mol. The number of carbonyl (C=O) groups excluding carboxylic acids is 1. The first-order valence-corrected chi connectivity index (χ1v) is 11.3. The van der Waals surface area contributed by atoms with Crippen molar-refractivity contribution in [1.82, 2.24) is 19.3 Å². The molecule has 10 heteroatoms. The van der Waals surface area contributed by atoms with E-state index in [4.69, 9.17) is 11.6 Å². The van der Waals surface area contributed by atoms with Crippen LogP contribution in [0.5, 0.6) is 5.88 Å². The van der Waals surface area contributed by atoms with Crippen LogP contribution < -0.4 is 5.32 Å². The highest BCUT2D eigenvalue weighted by Crippen LogP contribution is 2.54. The molecule has 0 aliphatic heterocycles. The van der Waals surface area contributed by atoms with E-state index in [2.05, 4.69) is 15.4 Å². The lowest BCUT2D eigenvalue weighted by molar-refractivity contribution is 0.0174. The van der Waals surface area contributed by atoms with E-state index >= 15 is 0 Å². The van der Waals surface area contributed by atoms with Gasteiger partial charge in [-0.2, -0.15) is 0 Å². The maximum Gasteiger partial charge on any atom is 0.274 e. The molecule has 3 aromatic rings. The number of fused-ring (bicyclic) bond motifs is 1. The zero-order chi connectivity index (χ0) is 23.3. The molecule has 2 aliphatic carbocycles. The van der Waals surface area contributed by atoms with E-state index in [0.29, 0.717) is 42.6 Å². The third-order valence-corrected chi connectivity index (χ3v) is 7.24. The van der Waals surface area contributed by atoms with Crippen molar-refractivity contribution in [2.45, 2.75) is 43.7 Å². The van der Waals surface area contributed by atoms with Gasteiger partial charge in [0.05, 0.1) is 29.2 Å². The highest BCUT2D eigenvalue weighted by molar-refractivity contribution is 6.31. The summed E-state index contributed by atoms with van der Waals surface area (Å²) in [5, 5.41) is 27.3. The fraction of sp³-hybridized carbons (Fsp3) is 0.435. The number of benzene rings is 1. The minimum atomic E-state index is -0.856. The van der Waals surface area contributed by atoms with Gasteiger partial charge in [-0.1, -0.05) is 11.6 Å². The second kappa shape index (κ2) is 8.14. The molecule has 2 atom stereocenters. The van der Waals surface area contributed by atoms with Gasteiger partial charge in [0.15, 0.2) is 0 Å². The van der Waals surface area contributed by atoms with Crippen LogP contribution in [0.2, 0.25) is 5.02 Å². The Bertz CT molecular complexity index is 1190. The number of amides is 1. The number of nitrogens with zero attached hydrogens (tertiary/aromatic N) is 4. The third kappa shape index (κ3) is 4.22. The second-order valence-electron chi connectivity index (χ2n) is 9.36. The normalized spacial score (nSPS) is 26.5. The van der Waals surface area contributed by atoms with E-state index in [-0.39, 0.29) is 22.7 Å². The average Bonchev–Trinajstić information content (AvgIpc) is 3.48. The third-order valence-electron chi connectivity index (χ3n) is 6.95. The molecule has 0 spiro atoms. The van der Waals surface area contributed by atoms with Gasteiger partial charge in [-0.3, -0.25) is 9.48 Å². The van der Waals surface area contributed by atoms with E-state index in [1.807, 2.05) is 0 Å². The maximum absolute atomic E-state index is 13.4. The van der Waals surface area contributed by atoms with Crippen molar-refractivity contribution in [3.8, 4) is 5.88 Å². The molecule has 0 bridgehead atoms. The zero-order valence-electron chi connectivity index (χ0n) is 18.1. The van der Waals surface area contributed by atoms with Gasteiger partial charge in [0.1, 0.15) is 11.5 Å². The standard InChI is InChI=1S/C23H25ClFN5O3/c1-29-12-26-20(21(29)22(32)27-16-2-3-18(25)17(24)8-16)13-6-14-9-23(33,10-15(14)7-13)11-30-5-4-19(31)28-30/h2-5,8,12-15,33H,6-7,9-11H2,1H3,(H,27,32)(H,28,31). The van der Waals surface area contributed by atoms with Gasteiger partial charge < -0.3 is 20.1 Å². The predicted molar refractivity (Wildman–Crippen MR) is 120 cm³/mol. The molecule has 8 nitrogen and oxygen atoms in total. The molecule has 33 heavy (non-hydrogen) atoms. The van der Waals surface area contributed by atoms with Crippen molar-refractivity contribution in [3.05, 3.63) is 59.0 Å². The smallest absolute Gasteiger partial charge is 0.274 e. The summed E-state index contributed by atoms with van der Waals surface area (Å²) < 4.78 is 16.7. The first kappa shape index (κ1) is 21.9. The molecule has 1 amide bonds. The molecule has 2 fully saturated rings. The summed E-state index contributed by atoms with van der Waals surface area (Å²) in [6.07, 6.45) is 6.29. The Morgan fingerprint density at radius 2 is 2.03 bits per heavy atom. The largest absolute Gasteiger partial charge is 0.492 e. The molecule has 2 heterocycles. The number of hydrogen-bond acceptors (Lipinski definition) is 5. The Morgan fingerprint density at radius 1 is 1.30 bits per heavy atom. The Morgan fingerprint density at radius 3 is 2.67 bits per heavy atom. The Hall–Kier alpha value is -2.91. The molecule has 1 aromatic carbocycles. The first-order chi connectivity index (χ1) is 15.7. The van der Waals surface area contributed by atoms with Gasteiger partial charge in [-0.05, 0) is 55.7 Å². The lowest BCUT2D eigenvalue weighted by Gasteiger charge is -2.24. The predicted octanol–water partition coefficient (Wildman–Crippen LogP) is 3.70. The van der Waals surface area contributed by atoms with Crippen molar-refractivity contribution in [2.24, 2.45) is 18.9 Å². The molecular weight excluding hydrogens is 449 g/mol. The molecule has 3 N–H and O–H groups in total. The average molecular weight is 474 g/mol. The fourth-order valence-electron chi connectivity index (χ4n) is 5.65. The molecule has 174 valence electrons. The van der Waals surface area contributed by atoms with Crippen LogP contribution in [0.15, 0.2) is 36.8 Å². The molecule has 5 rings (SSSR count). The van der Waals surface area contributed by atoms with Crippen molar-refractivity contribution in [3.63, 3.8) is 0 Å². The van der Waals surface area contributed by atoms with Crippen LogP contribution >= 0.6 is 11.6 Å². The van der Waals surface area contributed by atoms with Crippen LogP contribution in [0, 0.1) is 17.7 Å². The number of aryl methyl sites for hydroxylation is 1. The van der Waals surface area contributed by atoms with Crippen LogP contribution in [-0.4, -0.2) is 41.1 Å². The number of nitrogens with one attached hydrogen (secondary N) is 1. The Balaban J connectivity index is 1.28. The minimum absolute atomic E-state index is 0.0549. The number of imidazole rings is 1. The molecular formula is C23H25ClFN5O3. The van der Waals surface area contributed by atoms with Gasteiger partial charge in [0, 0.05) is 30.9 Å². The van der Waals surface area contributed by atoms with Gasteiger partial charge in [0.2, 0.25) is 5.88 Å². The molecule has 2 aromatic heterocycles. The molecule has 2 unspecified atom stereocenters. The van der Waals surface area contributed by atoms with E-state index < -0.39 is 11.4 Å². The maximum atomic E-state index is 13.4. The van der Waals surface area contributed by atoms with Crippen molar-refractivity contribution < 1.29 is 19.4 Å². The second-order valence-corrected chi connectivity index (χ2v) is 9.77. The summed E-state index contributed by atoms with van der Waals surface area (Å²) in [4.78, 5) is 17.6. The highest BCUT2D eigenvalue weighted by atomic mass is 35.5. The number of aromatic hydroxyl groups is 1. The van der Waals surface area contributed by atoms with E-state index in [0.717, 1.165) is 18.5 Å². The quantitative estimate of drug-likeness (QED) is 0.524. The summed E-state index contributed by atoms with van der Waals surface area (Å²) in [6.45, 7) is 0.350. The number of aliphatic hydroxyl groups is 1. The summed E-state index contributed by atoms with van der Waals surface area (Å²) in [5.41, 5.74) is 0.780. The van der Waals surface area contributed by atoms with Gasteiger partial charge in [-0.15, -0.1) is 5.10 Å². The number of hydrogen-bond donors (Lipinski definition) is 3. The Labute approximate surface area is 195 Å². The summed E-state index contributed by atoms with van der Waals surface area (Å²) in [7, 11) is 1.77. The lowest BCUT2D eigenvalue weighted by atomic mass is 9.92. The number of rotatable bonds is 5. The summed E-state index contributed by atoms with van der Waals surface area (Å²) >= 11 is 5.84. The molecule has 0 saturated heterocycles. The number of halogens is 2.